The van der Waals surface area contributed by atoms with Gasteiger partial charge in [-0.15, -0.1) is 0 Å². The normalized spacial score (nSPS) is 18.1. The summed E-state index contributed by atoms with van der Waals surface area (Å²) >= 11 is -0.177. The highest BCUT2D eigenvalue weighted by molar-refractivity contribution is 8.00. The molecule has 0 atom stereocenters. The molecule has 0 radical (unpaired) electrons. The second kappa shape index (κ2) is 12.2. The molecule has 37 heavy (non-hydrogen) atoms. The van der Waals surface area contributed by atoms with Gasteiger partial charge in [-0.3, -0.25) is 4.79 Å². The van der Waals surface area contributed by atoms with Crippen LogP contribution in [0.5, 0.6) is 0 Å². The summed E-state index contributed by atoms with van der Waals surface area (Å²) in [7, 11) is 4.01. The first-order chi connectivity index (χ1) is 17.7. The summed E-state index contributed by atoms with van der Waals surface area (Å²) in [5.74, 6) is 2.73. The van der Waals surface area contributed by atoms with E-state index >= 15 is 0 Å². The largest absolute Gasteiger partial charge is 0.446 e. The van der Waals surface area contributed by atoms with Crippen LogP contribution in [0.2, 0.25) is 0 Å². The molecule has 1 aliphatic carbocycles. The first-order valence-corrected chi connectivity index (χ1v) is 13.6. The molecule has 1 heterocycles. The average Bonchev–Trinajstić information content (AvgIpc) is 2.87. The highest BCUT2D eigenvalue weighted by Crippen LogP contribution is 2.37. The van der Waals surface area contributed by atoms with E-state index in [1.54, 1.807) is 0 Å². The minimum atomic E-state index is -4.33. The van der Waals surface area contributed by atoms with E-state index in [0.717, 1.165) is 67.5 Å². The predicted octanol–water partition coefficient (Wildman–Crippen LogP) is 6.87. The Balaban J connectivity index is 1.18. The van der Waals surface area contributed by atoms with E-state index in [-0.39, 0.29) is 22.6 Å². The monoisotopic (exact) mass is 530 g/mol. The number of aromatic nitrogens is 2. The average molecular weight is 531 g/mol. The molecule has 1 fully saturated rings. The first kappa shape index (κ1) is 27.2. The molecule has 5 nitrogen and oxygen atoms in total. The number of amides is 1. The lowest BCUT2D eigenvalue weighted by Gasteiger charge is -2.28. The van der Waals surface area contributed by atoms with E-state index in [2.05, 4.69) is 11.4 Å². The lowest BCUT2D eigenvalue weighted by molar-refractivity contribution is -0.0328. The Kier molecular flexibility index (Phi) is 8.95. The summed E-state index contributed by atoms with van der Waals surface area (Å²) in [5, 5.41) is 4.02. The fourth-order valence-electron chi connectivity index (χ4n) is 4.98. The number of carbonyl (C=O) groups is 1. The van der Waals surface area contributed by atoms with Crippen molar-refractivity contribution in [2.75, 3.05) is 25.5 Å². The van der Waals surface area contributed by atoms with E-state index in [0.29, 0.717) is 23.9 Å². The van der Waals surface area contributed by atoms with Gasteiger partial charge >= 0.3 is 5.51 Å². The van der Waals surface area contributed by atoms with E-state index < -0.39 is 5.51 Å². The second-order valence-corrected chi connectivity index (χ2v) is 11.1. The van der Waals surface area contributed by atoms with Crippen molar-refractivity contribution < 1.29 is 18.0 Å². The number of aryl methyl sites for hydroxylation is 1. The first-order valence-electron chi connectivity index (χ1n) is 12.7. The lowest BCUT2D eigenvalue weighted by atomic mass is 9.80. The van der Waals surface area contributed by atoms with Crippen molar-refractivity contribution in [3.63, 3.8) is 0 Å². The fraction of sp³-hybridized carbons (Fsp3) is 0.464. The Morgan fingerprint density at radius 3 is 2.35 bits per heavy atom. The molecule has 0 aliphatic heterocycles. The van der Waals surface area contributed by atoms with Gasteiger partial charge in [-0.1, -0.05) is 31.4 Å². The molecule has 1 aromatic heterocycles. The zero-order chi connectivity index (χ0) is 26.4. The van der Waals surface area contributed by atoms with Gasteiger partial charge in [0.25, 0.3) is 5.91 Å². The van der Waals surface area contributed by atoms with Crippen LogP contribution >= 0.6 is 11.8 Å². The SMILES string of the molecule is CN(C)c1nc(CCCC2CCC(CNC(=O)c3ccc(SC(F)(F)F)cc3)CC2)nc2ccccc12. The van der Waals surface area contributed by atoms with Crippen molar-refractivity contribution in [2.24, 2.45) is 11.8 Å². The van der Waals surface area contributed by atoms with Crippen LogP contribution in [-0.4, -0.2) is 42.0 Å². The molecule has 0 spiro atoms. The molecule has 1 aliphatic rings. The Bertz CT molecular complexity index is 1190. The van der Waals surface area contributed by atoms with Crippen LogP contribution in [0.15, 0.2) is 53.4 Å². The standard InChI is InChI=1S/C28H33F3N4OS/c1-35(2)26-23-7-3-4-8-24(23)33-25(34-26)9-5-6-19-10-12-20(13-11-19)18-32-27(36)21-14-16-22(17-15-21)37-28(29,30)31/h3-4,7-8,14-17,19-20H,5-6,9-13,18H2,1-2H3,(H,32,36). The predicted molar refractivity (Wildman–Crippen MR) is 143 cm³/mol. The molecule has 0 bridgehead atoms. The van der Waals surface area contributed by atoms with Crippen molar-refractivity contribution in [3.05, 3.63) is 59.9 Å². The lowest BCUT2D eigenvalue weighted by Crippen LogP contribution is -2.31. The third-order valence-corrected chi connectivity index (χ3v) is 7.67. The zero-order valence-corrected chi connectivity index (χ0v) is 22.0. The number of para-hydroxylation sites is 1. The van der Waals surface area contributed by atoms with Crippen LogP contribution < -0.4 is 10.2 Å². The summed E-state index contributed by atoms with van der Waals surface area (Å²) in [6.07, 6.45) is 7.50. The molecule has 0 saturated heterocycles. The number of rotatable bonds is 9. The summed E-state index contributed by atoms with van der Waals surface area (Å²) < 4.78 is 37.4. The summed E-state index contributed by atoms with van der Waals surface area (Å²) in [6.45, 7) is 0.600. The van der Waals surface area contributed by atoms with Gasteiger partial charge in [0, 0.05) is 42.9 Å². The van der Waals surface area contributed by atoms with Gasteiger partial charge in [0.1, 0.15) is 11.6 Å². The van der Waals surface area contributed by atoms with Crippen molar-refractivity contribution in [2.45, 2.75) is 55.3 Å². The number of carbonyl (C=O) groups excluding carboxylic acids is 1. The fourth-order valence-corrected chi connectivity index (χ4v) is 5.52. The molecule has 1 saturated carbocycles. The van der Waals surface area contributed by atoms with E-state index in [9.17, 15) is 18.0 Å². The third kappa shape index (κ3) is 7.84. The van der Waals surface area contributed by atoms with Crippen molar-refractivity contribution in [3.8, 4) is 0 Å². The van der Waals surface area contributed by atoms with E-state index in [4.69, 9.17) is 9.97 Å². The van der Waals surface area contributed by atoms with Crippen LogP contribution in [-0.2, 0) is 6.42 Å². The number of nitrogens with one attached hydrogen (secondary N) is 1. The molecule has 1 N–H and O–H groups in total. The molecule has 198 valence electrons. The molecule has 2 aromatic carbocycles. The summed E-state index contributed by atoms with van der Waals surface area (Å²) in [5.41, 5.74) is -2.97. The van der Waals surface area contributed by atoms with Gasteiger partial charge in [0.2, 0.25) is 0 Å². The molecule has 9 heteroatoms. The number of alkyl halides is 3. The summed E-state index contributed by atoms with van der Waals surface area (Å²) in [6, 6.07) is 13.7. The van der Waals surface area contributed by atoms with Gasteiger partial charge in [-0.2, -0.15) is 13.2 Å². The number of nitrogens with zero attached hydrogens (tertiary/aromatic N) is 3. The van der Waals surface area contributed by atoms with Crippen LogP contribution in [0, 0.1) is 11.8 Å². The van der Waals surface area contributed by atoms with Crippen LogP contribution in [0.4, 0.5) is 19.0 Å². The van der Waals surface area contributed by atoms with E-state index in [1.807, 2.05) is 37.2 Å². The number of thioether (sulfide) groups is 1. The number of hydrogen-bond acceptors (Lipinski definition) is 5. The van der Waals surface area contributed by atoms with Crippen molar-refractivity contribution in [1.29, 1.82) is 0 Å². The molecule has 3 aromatic rings. The minimum absolute atomic E-state index is 0.0766. The molecular weight excluding hydrogens is 497 g/mol. The summed E-state index contributed by atoms with van der Waals surface area (Å²) in [4.78, 5) is 24.1. The van der Waals surface area contributed by atoms with E-state index in [1.165, 1.54) is 24.3 Å². The highest BCUT2D eigenvalue weighted by atomic mass is 32.2. The number of benzene rings is 2. The van der Waals surface area contributed by atoms with Crippen molar-refractivity contribution in [1.82, 2.24) is 15.3 Å². The highest BCUT2D eigenvalue weighted by Gasteiger charge is 2.29. The quantitative estimate of drug-likeness (QED) is 0.306. The smallest absolute Gasteiger partial charge is 0.362 e. The van der Waals surface area contributed by atoms with Gasteiger partial charge in [-0.05, 0) is 79.3 Å². The van der Waals surface area contributed by atoms with Gasteiger partial charge in [0.15, 0.2) is 0 Å². The Morgan fingerprint density at radius 2 is 1.68 bits per heavy atom. The number of anilines is 1. The second-order valence-electron chi connectivity index (χ2n) is 9.94. The maximum Gasteiger partial charge on any atom is 0.446 e. The number of hydrogen-bond donors (Lipinski definition) is 1. The van der Waals surface area contributed by atoms with Crippen LogP contribution in [0.3, 0.4) is 0 Å². The van der Waals surface area contributed by atoms with Crippen molar-refractivity contribution >= 4 is 34.4 Å². The topological polar surface area (TPSA) is 58.1 Å². The maximum atomic E-state index is 12.5. The van der Waals surface area contributed by atoms with Crippen LogP contribution in [0.1, 0.15) is 54.7 Å². The molecular formula is C28H33F3N4OS. The molecule has 4 rings (SSSR count). The Labute approximate surface area is 220 Å². The Hall–Kier alpha value is -2.81. The number of fused-ring (bicyclic) bond motifs is 1. The third-order valence-electron chi connectivity index (χ3n) is 6.93. The molecule has 0 unspecified atom stereocenters. The number of halogens is 3. The molecule has 1 amide bonds. The van der Waals surface area contributed by atoms with Gasteiger partial charge in [-0.25, -0.2) is 9.97 Å². The zero-order valence-electron chi connectivity index (χ0n) is 21.2. The van der Waals surface area contributed by atoms with Crippen LogP contribution in [0.25, 0.3) is 10.9 Å². The maximum absolute atomic E-state index is 12.5. The van der Waals surface area contributed by atoms with Gasteiger partial charge < -0.3 is 10.2 Å². The Morgan fingerprint density at radius 1 is 1.00 bits per heavy atom. The minimum Gasteiger partial charge on any atom is -0.362 e. The van der Waals surface area contributed by atoms with Gasteiger partial charge in [0.05, 0.1) is 5.52 Å².